The van der Waals surface area contributed by atoms with Crippen LogP contribution in [-0.4, -0.2) is 66.7 Å². The van der Waals surface area contributed by atoms with Crippen molar-refractivity contribution >= 4 is 23.7 Å². The molecule has 1 atom stereocenters. The maximum absolute atomic E-state index is 12.9. The number of hydrogen-bond acceptors (Lipinski definition) is 4. The lowest BCUT2D eigenvalue weighted by molar-refractivity contribution is -0.157. The summed E-state index contributed by atoms with van der Waals surface area (Å²) in [7, 11) is 0. The van der Waals surface area contributed by atoms with Crippen molar-refractivity contribution in [3.63, 3.8) is 0 Å². The predicted molar refractivity (Wildman–Crippen MR) is 111 cm³/mol. The van der Waals surface area contributed by atoms with Crippen LogP contribution >= 0.6 is 0 Å². The summed E-state index contributed by atoms with van der Waals surface area (Å²) in [5, 5.41) is 0. The van der Waals surface area contributed by atoms with E-state index >= 15 is 0 Å². The summed E-state index contributed by atoms with van der Waals surface area (Å²) in [5.74, 6) is 0.0773. The summed E-state index contributed by atoms with van der Waals surface area (Å²) in [6, 6.07) is 14.1. The number of ether oxygens (including phenoxy) is 1. The zero-order valence-electron chi connectivity index (χ0n) is 16.2. The third kappa shape index (κ3) is 3.44. The van der Waals surface area contributed by atoms with Crippen molar-refractivity contribution in [3.05, 3.63) is 53.6 Å². The number of nitrogens with zero attached hydrogens (tertiary/aromatic N) is 3. The SMILES string of the molecule is O=C(c1ccc(-c2ccc3c(c2)N=CC3)cc1)N1CCN(C(=O)C2CCO2)CC1. The molecule has 6 nitrogen and oxygen atoms in total. The fraction of sp³-hybridized carbons (Fsp3) is 0.348. The van der Waals surface area contributed by atoms with Gasteiger partial charge in [0.15, 0.2) is 0 Å². The Morgan fingerprint density at radius 1 is 0.931 bits per heavy atom. The summed E-state index contributed by atoms with van der Waals surface area (Å²) in [5.41, 5.74) is 5.13. The highest BCUT2D eigenvalue weighted by Gasteiger charge is 2.33. The van der Waals surface area contributed by atoms with Crippen LogP contribution < -0.4 is 0 Å². The largest absolute Gasteiger partial charge is 0.368 e. The highest BCUT2D eigenvalue weighted by molar-refractivity contribution is 5.95. The summed E-state index contributed by atoms with van der Waals surface area (Å²) >= 11 is 0. The zero-order valence-corrected chi connectivity index (χ0v) is 16.2. The van der Waals surface area contributed by atoms with Gasteiger partial charge in [-0.15, -0.1) is 0 Å². The van der Waals surface area contributed by atoms with Crippen LogP contribution in [0.15, 0.2) is 47.5 Å². The van der Waals surface area contributed by atoms with E-state index in [1.165, 1.54) is 5.56 Å². The average molecular weight is 389 g/mol. The number of amides is 2. The van der Waals surface area contributed by atoms with Crippen LogP contribution in [-0.2, 0) is 16.0 Å². The van der Waals surface area contributed by atoms with Gasteiger partial charge in [0.1, 0.15) is 6.10 Å². The lowest BCUT2D eigenvalue weighted by Crippen LogP contribution is -2.54. The summed E-state index contributed by atoms with van der Waals surface area (Å²) in [4.78, 5) is 33.2. The van der Waals surface area contributed by atoms with Crippen LogP contribution in [0.4, 0.5) is 5.69 Å². The van der Waals surface area contributed by atoms with E-state index in [9.17, 15) is 9.59 Å². The molecular formula is C23H23N3O3. The lowest BCUT2D eigenvalue weighted by atomic mass is 10.0. The molecule has 29 heavy (non-hydrogen) atoms. The smallest absolute Gasteiger partial charge is 0.253 e. The van der Waals surface area contributed by atoms with Gasteiger partial charge >= 0.3 is 0 Å². The lowest BCUT2D eigenvalue weighted by Gasteiger charge is -2.38. The van der Waals surface area contributed by atoms with Gasteiger partial charge in [-0.25, -0.2) is 0 Å². The molecule has 2 fully saturated rings. The van der Waals surface area contributed by atoms with Gasteiger partial charge in [0.05, 0.1) is 12.3 Å². The number of hydrogen-bond donors (Lipinski definition) is 0. The second-order valence-electron chi connectivity index (χ2n) is 7.70. The molecule has 0 aliphatic carbocycles. The Balaban J connectivity index is 1.23. The standard InChI is InChI=1S/C23H23N3O3/c27-22(25-10-12-26(13-11-25)23(28)21-8-14-29-21)18-4-1-16(2-5-18)19-6-3-17-7-9-24-20(17)15-19/h1-6,9,15,21H,7-8,10-14H2. The molecule has 2 aromatic carbocycles. The predicted octanol–water partition coefficient (Wildman–Crippen LogP) is 2.69. The third-order valence-electron chi connectivity index (χ3n) is 5.95. The maximum atomic E-state index is 12.9. The third-order valence-corrected chi connectivity index (χ3v) is 5.95. The first-order valence-corrected chi connectivity index (χ1v) is 10.1. The van der Waals surface area contributed by atoms with Crippen molar-refractivity contribution in [2.45, 2.75) is 18.9 Å². The van der Waals surface area contributed by atoms with E-state index in [0.717, 1.165) is 29.7 Å². The molecule has 2 aromatic rings. The normalized spacial score (nSPS) is 20.3. The number of carbonyl (C=O) groups is 2. The van der Waals surface area contributed by atoms with Crippen molar-refractivity contribution < 1.29 is 14.3 Å². The van der Waals surface area contributed by atoms with Crippen LogP contribution in [0.5, 0.6) is 0 Å². The van der Waals surface area contributed by atoms with Gasteiger partial charge in [0.2, 0.25) is 0 Å². The summed E-state index contributed by atoms with van der Waals surface area (Å²) < 4.78 is 5.28. The van der Waals surface area contributed by atoms with Gasteiger partial charge in [0.25, 0.3) is 11.8 Å². The second kappa shape index (κ2) is 7.44. The number of fused-ring (bicyclic) bond motifs is 1. The molecule has 3 heterocycles. The first-order chi connectivity index (χ1) is 14.2. The molecule has 6 heteroatoms. The highest BCUT2D eigenvalue weighted by atomic mass is 16.5. The molecular weight excluding hydrogens is 366 g/mol. The zero-order chi connectivity index (χ0) is 19.8. The van der Waals surface area contributed by atoms with Crippen molar-refractivity contribution in [1.29, 1.82) is 0 Å². The number of rotatable bonds is 3. The van der Waals surface area contributed by atoms with Gasteiger partial charge in [-0.1, -0.05) is 24.3 Å². The molecule has 2 saturated heterocycles. The van der Waals surface area contributed by atoms with Crippen LogP contribution in [0.1, 0.15) is 22.3 Å². The molecule has 0 spiro atoms. The topological polar surface area (TPSA) is 62.2 Å². The number of carbonyl (C=O) groups excluding carboxylic acids is 2. The van der Waals surface area contributed by atoms with E-state index in [2.05, 4.69) is 23.2 Å². The fourth-order valence-electron chi connectivity index (χ4n) is 4.03. The van der Waals surface area contributed by atoms with E-state index in [1.807, 2.05) is 40.3 Å². The summed E-state index contributed by atoms with van der Waals surface area (Å²) in [6.07, 6.45) is 3.37. The first kappa shape index (κ1) is 18.1. The number of piperazine rings is 1. The van der Waals surface area contributed by atoms with Crippen LogP contribution in [0.2, 0.25) is 0 Å². The van der Waals surface area contributed by atoms with Gasteiger partial charge in [-0.05, 0) is 34.9 Å². The molecule has 3 aliphatic rings. The van der Waals surface area contributed by atoms with Gasteiger partial charge in [0, 0.05) is 50.8 Å². The number of benzene rings is 2. The highest BCUT2D eigenvalue weighted by Crippen LogP contribution is 2.30. The van der Waals surface area contributed by atoms with Gasteiger partial charge in [-0.2, -0.15) is 0 Å². The summed E-state index contributed by atoms with van der Waals surface area (Å²) in [6.45, 7) is 2.92. The molecule has 3 aliphatic heterocycles. The minimum atomic E-state index is -0.269. The van der Waals surface area contributed by atoms with E-state index in [0.29, 0.717) is 38.3 Å². The van der Waals surface area contributed by atoms with Crippen molar-refractivity contribution in [2.75, 3.05) is 32.8 Å². The molecule has 0 N–H and O–H groups in total. The molecule has 0 bridgehead atoms. The molecule has 0 radical (unpaired) electrons. The molecule has 5 rings (SSSR count). The van der Waals surface area contributed by atoms with E-state index < -0.39 is 0 Å². The maximum Gasteiger partial charge on any atom is 0.253 e. The van der Waals surface area contributed by atoms with Gasteiger partial charge < -0.3 is 14.5 Å². The van der Waals surface area contributed by atoms with Crippen molar-refractivity contribution in [1.82, 2.24) is 9.80 Å². The Bertz CT molecular complexity index is 971. The van der Waals surface area contributed by atoms with Crippen LogP contribution in [0.25, 0.3) is 11.1 Å². The van der Waals surface area contributed by atoms with Gasteiger partial charge in [-0.3, -0.25) is 14.6 Å². The molecule has 0 saturated carbocycles. The van der Waals surface area contributed by atoms with E-state index in [4.69, 9.17) is 4.74 Å². The Hall–Kier alpha value is -2.99. The van der Waals surface area contributed by atoms with Crippen LogP contribution in [0, 0.1) is 0 Å². The Labute approximate surface area is 169 Å². The monoisotopic (exact) mass is 389 g/mol. The molecule has 148 valence electrons. The quantitative estimate of drug-likeness (QED) is 0.811. The molecule has 2 amide bonds. The van der Waals surface area contributed by atoms with E-state index in [-0.39, 0.29) is 17.9 Å². The second-order valence-corrected chi connectivity index (χ2v) is 7.70. The Morgan fingerprint density at radius 2 is 1.62 bits per heavy atom. The molecule has 1 unspecified atom stereocenters. The first-order valence-electron chi connectivity index (χ1n) is 10.1. The van der Waals surface area contributed by atoms with E-state index in [1.54, 1.807) is 0 Å². The Kier molecular flexibility index (Phi) is 4.64. The molecule has 0 aromatic heterocycles. The minimum absolute atomic E-state index is 0.0158. The average Bonchev–Trinajstić information content (AvgIpc) is 3.20. The van der Waals surface area contributed by atoms with Crippen molar-refractivity contribution in [2.24, 2.45) is 4.99 Å². The minimum Gasteiger partial charge on any atom is -0.368 e. The van der Waals surface area contributed by atoms with Crippen molar-refractivity contribution in [3.8, 4) is 11.1 Å². The fourth-order valence-corrected chi connectivity index (χ4v) is 4.03. The number of aliphatic imine (C=N–C) groups is 1. The Morgan fingerprint density at radius 3 is 2.31 bits per heavy atom. The van der Waals surface area contributed by atoms with Crippen LogP contribution in [0.3, 0.4) is 0 Å².